The maximum atomic E-state index is 13.0. The van der Waals surface area contributed by atoms with Gasteiger partial charge in [0.05, 0.1) is 4.88 Å². The van der Waals surface area contributed by atoms with E-state index in [0.717, 1.165) is 10.4 Å². The number of rotatable bonds is 6. The van der Waals surface area contributed by atoms with Crippen LogP contribution in [0.15, 0.2) is 60.7 Å². The van der Waals surface area contributed by atoms with Gasteiger partial charge in [-0.3, -0.25) is 25.2 Å². The van der Waals surface area contributed by atoms with Crippen LogP contribution in [0.5, 0.6) is 0 Å². The van der Waals surface area contributed by atoms with Gasteiger partial charge in [0.15, 0.2) is 5.78 Å². The van der Waals surface area contributed by atoms with Crippen molar-refractivity contribution in [2.75, 3.05) is 0 Å². The van der Waals surface area contributed by atoms with Gasteiger partial charge in [-0.1, -0.05) is 12.1 Å². The fourth-order valence-corrected chi connectivity index (χ4v) is 3.39. The Morgan fingerprint density at radius 3 is 2.03 bits per heavy atom. The summed E-state index contributed by atoms with van der Waals surface area (Å²) in [6.45, 7) is 0. The van der Waals surface area contributed by atoms with Gasteiger partial charge in [-0.25, -0.2) is 8.78 Å². The molecular formula is C21H16F2N2O3S. The first-order chi connectivity index (χ1) is 13.9. The molecule has 2 N–H and O–H groups in total. The van der Waals surface area contributed by atoms with Crippen molar-refractivity contribution >= 4 is 28.9 Å². The maximum Gasteiger partial charge on any atom is 0.279 e. The van der Waals surface area contributed by atoms with Crippen molar-refractivity contribution < 1.29 is 23.2 Å². The molecule has 0 spiro atoms. The third-order valence-corrected chi connectivity index (χ3v) is 5.15. The molecule has 148 valence electrons. The molecule has 0 aliphatic heterocycles. The zero-order chi connectivity index (χ0) is 20.8. The van der Waals surface area contributed by atoms with Gasteiger partial charge in [-0.15, -0.1) is 11.3 Å². The van der Waals surface area contributed by atoms with Crippen molar-refractivity contribution in [1.82, 2.24) is 10.9 Å². The Hall–Kier alpha value is -3.39. The number of carbonyl (C=O) groups is 3. The number of carbonyl (C=O) groups excluding carboxylic acids is 3. The second-order valence-electron chi connectivity index (χ2n) is 6.10. The van der Waals surface area contributed by atoms with Crippen LogP contribution in [0.1, 0.15) is 32.9 Å². The minimum atomic E-state index is -0.524. The summed E-state index contributed by atoms with van der Waals surface area (Å²) in [5, 5.41) is 0. The summed E-state index contributed by atoms with van der Waals surface area (Å²) in [6.07, 6.45) is -0.192. The fraction of sp³-hybridized carbons (Fsp3) is 0.0952. The largest absolute Gasteiger partial charge is 0.294 e. The van der Waals surface area contributed by atoms with E-state index < -0.39 is 17.6 Å². The van der Waals surface area contributed by atoms with Gasteiger partial charge in [0, 0.05) is 23.3 Å². The molecule has 0 fully saturated rings. The van der Waals surface area contributed by atoms with Crippen LogP contribution in [0.25, 0.3) is 10.4 Å². The van der Waals surface area contributed by atoms with E-state index >= 15 is 0 Å². The van der Waals surface area contributed by atoms with E-state index in [4.69, 9.17) is 0 Å². The van der Waals surface area contributed by atoms with Crippen molar-refractivity contribution in [1.29, 1.82) is 0 Å². The van der Waals surface area contributed by atoms with Crippen LogP contribution in [0.4, 0.5) is 8.78 Å². The lowest BCUT2D eigenvalue weighted by molar-refractivity contribution is -0.121. The van der Waals surface area contributed by atoms with Crippen LogP contribution >= 0.6 is 11.3 Å². The molecule has 3 aromatic rings. The number of nitrogens with one attached hydrogen (secondary N) is 2. The molecule has 1 aromatic heterocycles. The summed E-state index contributed by atoms with van der Waals surface area (Å²) in [6, 6.07) is 14.3. The first kappa shape index (κ1) is 20.3. The summed E-state index contributed by atoms with van der Waals surface area (Å²) in [4.78, 5) is 37.1. The van der Waals surface area contributed by atoms with Crippen molar-refractivity contribution in [3.05, 3.63) is 82.7 Å². The molecule has 0 saturated carbocycles. The topological polar surface area (TPSA) is 75.3 Å². The maximum absolute atomic E-state index is 13.0. The molecule has 2 aromatic carbocycles. The second-order valence-corrected chi connectivity index (χ2v) is 7.19. The van der Waals surface area contributed by atoms with E-state index in [9.17, 15) is 23.2 Å². The molecule has 1 heterocycles. The number of hydrogen-bond acceptors (Lipinski definition) is 4. The number of thiophene rings is 1. The Morgan fingerprint density at radius 2 is 1.38 bits per heavy atom. The van der Waals surface area contributed by atoms with Crippen molar-refractivity contribution in [2.24, 2.45) is 0 Å². The van der Waals surface area contributed by atoms with E-state index in [1.807, 2.05) is 0 Å². The molecule has 3 rings (SSSR count). The lowest BCUT2D eigenvalue weighted by atomic mass is 10.1. The molecule has 2 amide bonds. The number of halogens is 2. The molecule has 29 heavy (non-hydrogen) atoms. The molecule has 5 nitrogen and oxygen atoms in total. The molecule has 8 heteroatoms. The van der Waals surface area contributed by atoms with Crippen LogP contribution in [-0.2, 0) is 4.79 Å². The van der Waals surface area contributed by atoms with Gasteiger partial charge < -0.3 is 0 Å². The van der Waals surface area contributed by atoms with Gasteiger partial charge in [0.2, 0.25) is 5.91 Å². The Labute approximate surface area is 169 Å². The highest BCUT2D eigenvalue weighted by Gasteiger charge is 2.13. The van der Waals surface area contributed by atoms with Gasteiger partial charge in [0.1, 0.15) is 11.6 Å². The van der Waals surface area contributed by atoms with Gasteiger partial charge >= 0.3 is 0 Å². The number of hydrogen-bond donors (Lipinski definition) is 2. The number of amides is 2. The number of Topliss-reactive ketones (excluding diaryl/α,β-unsaturated/α-hetero) is 1. The zero-order valence-electron chi connectivity index (χ0n) is 15.1. The second kappa shape index (κ2) is 9.20. The smallest absolute Gasteiger partial charge is 0.279 e. The van der Waals surface area contributed by atoms with Crippen molar-refractivity contribution in [2.45, 2.75) is 12.8 Å². The van der Waals surface area contributed by atoms with Crippen molar-refractivity contribution in [3.8, 4) is 10.4 Å². The highest BCUT2D eigenvalue weighted by Crippen LogP contribution is 2.28. The fourth-order valence-electron chi connectivity index (χ4n) is 2.49. The molecule has 0 unspecified atom stereocenters. The average molecular weight is 414 g/mol. The van der Waals surface area contributed by atoms with Crippen LogP contribution in [-0.4, -0.2) is 17.6 Å². The van der Waals surface area contributed by atoms with E-state index in [1.165, 1.54) is 47.7 Å². The van der Waals surface area contributed by atoms with Crippen LogP contribution in [0, 0.1) is 11.6 Å². The molecule has 0 saturated heterocycles. The predicted molar refractivity (Wildman–Crippen MR) is 105 cm³/mol. The Morgan fingerprint density at radius 1 is 0.759 bits per heavy atom. The van der Waals surface area contributed by atoms with Crippen LogP contribution < -0.4 is 10.9 Å². The third-order valence-electron chi connectivity index (χ3n) is 4.02. The lowest BCUT2D eigenvalue weighted by Crippen LogP contribution is -2.41. The monoisotopic (exact) mass is 414 g/mol. The molecule has 0 radical (unpaired) electrons. The quantitative estimate of drug-likeness (QED) is 0.471. The minimum Gasteiger partial charge on any atom is -0.294 e. The molecule has 0 atom stereocenters. The van der Waals surface area contributed by atoms with Gasteiger partial charge in [0.25, 0.3) is 5.91 Å². The van der Waals surface area contributed by atoms with E-state index in [2.05, 4.69) is 10.9 Å². The summed E-state index contributed by atoms with van der Waals surface area (Å²) < 4.78 is 25.9. The summed E-state index contributed by atoms with van der Waals surface area (Å²) >= 11 is 1.20. The van der Waals surface area contributed by atoms with Gasteiger partial charge in [-0.05, 0) is 54.1 Å². The SMILES string of the molecule is O=C(CCC(=O)c1ccc(F)cc1)NNC(=O)c1ccc(-c2ccc(F)cc2)s1. The highest BCUT2D eigenvalue weighted by molar-refractivity contribution is 7.17. The third kappa shape index (κ3) is 5.55. The number of ketones is 1. The molecule has 0 bridgehead atoms. The average Bonchev–Trinajstić information content (AvgIpc) is 3.21. The summed E-state index contributed by atoms with van der Waals surface area (Å²) in [5.74, 6) is -2.11. The Bertz CT molecular complexity index is 1030. The first-order valence-electron chi connectivity index (χ1n) is 8.66. The van der Waals surface area contributed by atoms with E-state index in [1.54, 1.807) is 24.3 Å². The minimum absolute atomic E-state index is 0.0684. The van der Waals surface area contributed by atoms with Crippen LogP contribution in [0.3, 0.4) is 0 Å². The summed E-state index contributed by atoms with van der Waals surface area (Å²) in [7, 11) is 0. The molecular weight excluding hydrogens is 398 g/mol. The predicted octanol–water partition coefficient (Wildman–Crippen LogP) is 4.12. The molecule has 0 aliphatic carbocycles. The van der Waals surface area contributed by atoms with E-state index in [0.29, 0.717) is 10.4 Å². The van der Waals surface area contributed by atoms with Gasteiger partial charge in [-0.2, -0.15) is 0 Å². The highest BCUT2D eigenvalue weighted by atomic mass is 32.1. The standard InChI is InChI=1S/C21H16F2N2O3S/c22-15-5-1-13(2-6-15)17(26)9-12-20(27)24-25-21(28)19-11-10-18(29-19)14-3-7-16(23)8-4-14/h1-8,10-11H,9,12H2,(H,24,27)(H,25,28). The lowest BCUT2D eigenvalue weighted by Gasteiger charge is -2.06. The zero-order valence-corrected chi connectivity index (χ0v) is 15.9. The Balaban J connectivity index is 1.47. The van der Waals surface area contributed by atoms with E-state index in [-0.39, 0.29) is 24.4 Å². The summed E-state index contributed by atoms with van der Waals surface area (Å²) in [5.41, 5.74) is 5.65. The number of hydrazine groups is 1. The van der Waals surface area contributed by atoms with Crippen LogP contribution in [0.2, 0.25) is 0 Å². The number of benzene rings is 2. The Kier molecular flexibility index (Phi) is 6.46. The molecule has 0 aliphatic rings. The first-order valence-corrected chi connectivity index (χ1v) is 9.48. The van der Waals surface area contributed by atoms with Crippen molar-refractivity contribution in [3.63, 3.8) is 0 Å². The normalized spacial score (nSPS) is 10.4.